The number of nitrogens with zero attached hydrogens (tertiary/aromatic N) is 8. The number of nitrogens with two attached hydrogens (primary N) is 1. The van der Waals surface area contributed by atoms with Crippen molar-refractivity contribution in [2.45, 2.75) is 128 Å². The Kier molecular flexibility index (Phi) is 29.4. The van der Waals surface area contributed by atoms with Crippen LogP contribution in [0, 0.1) is 50.1 Å². The number of halogens is 9. The minimum Gasteiger partial charge on any atom is -0.491 e. The van der Waals surface area contributed by atoms with Crippen LogP contribution in [0.2, 0.25) is 0 Å². The van der Waals surface area contributed by atoms with Gasteiger partial charge in [0.05, 0.1) is 79.0 Å². The molecular weight excluding hydrogens is 1800 g/mol. The van der Waals surface area contributed by atoms with Crippen molar-refractivity contribution in [3.8, 4) is 23.0 Å². The molecule has 4 aromatic carbocycles. The van der Waals surface area contributed by atoms with Gasteiger partial charge in [0.1, 0.15) is 87.6 Å². The van der Waals surface area contributed by atoms with Gasteiger partial charge in [0.15, 0.2) is 45.8 Å². The molecular formula is C87H93F8IN12O19. The average molecular weight is 1890 g/mol. The molecule has 0 fully saturated rings. The van der Waals surface area contributed by atoms with Gasteiger partial charge in [-0.1, -0.05) is 24.3 Å². The second-order valence-corrected chi connectivity index (χ2v) is 31.4. The van der Waals surface area contributed by atoms with E-state index < -0.39 is 98.9 Å². The normalized spacial score (nSPS) is 19.1. The van der Waals surface area contributed by atoms with Gasteiger partial charge >= 0.3 is 0 Å². The zero-order chi connectivity index (χ0) is 92.3. The predicted molar refractivity (Wildman–Crippen MR) is 448 cm³/mol. The highest BCUT2D eigenvalue weighted by molar-refractivity contribution is 14.1. The summed E-state index contributed by atoms with van der Waals surface area (Å²) in [6.45, 7) is 10.7. The van der Waals surface area contributed by atoms with Crippen molar-refractivity contribution in [1.29, 1.82) is 0 Å². The summed E-state index contributed by atoms with van der Waals surface area (Å²) >= 11 is 2.03. The fourth-order valence-electron chi connectivity index (χ4n) is 17.5. The highest BCUT2D eigenvalue weighted by Crippen LogP contribution is 2.49. The summed E-state index contributed by atoms with van der Waals surface area (Å²) in [4.78, 5) is 150. The number of hydrogen-bond donors (Lipinski definition) is 4. The molecule has 7 amide bonds. The number of hydrogen-bond acceptors (Lipinski definition) is 20. The Labute approximate surface area is 735 Å². The number of benzene rings is 4. The number of likely N-dealkylation sites (N-methyl/N-ethyl adjacent to an activating group) is 4. The Morgan fingerprint density at radius 3 is 0.811 bits per heavy atom. The number of pyridine rings is 4. The van der Waals surface area contributed by atoms with E-state index in [1.54, 1.807) is 40.4 Å². The van der Waals surface area contributed by atoms with Crippen molar-refractivity contribution in [2.75, 3.05) is 109 Å². The van der Waals surface area contributed by atoms with Gasteiger partial charge in [0.2, 0.25) is 21.7 Å². The molecule has 0 aliphatic carbocycles. The van der Waals surface area contributed by atoms with E-state index >= 15 is 0 Å². The van der Waals surface area contributed by atoms with Crippen LogP contribution in [0.3, 0.4) is 0 Å². The fraction of sp³-hybridized carbons (Fsp3) is 0.414. The average Bonchev–Trinajstić information content (AvgIpc) is 1.59. The lowest BCUT2D eigenvalue weighted by Crippen LogP contribution is -2.44. The molecule has 31 nitrogen and oxygen atoms in total. The van der Waals surface area contributed by atoms with Crippen molar-refractivity contribution in [3.05, 3.63) is 248 Å². The molecule has 16 rings (SSSR count). The zero-order valence-electron chi connectivity index (χ0n) is 71.2. The van der Waals surface area contributed by atoms with E-state index in [0.717, 1.165) is 36.4 Å². The van der Waals surface area contributed by atoms with E-state index in [2.05, 4.69) is 16.0 Å². The minimum absolute atomic E-state index is 0.0659. The Morgan fingerprint density at radius 2 is 0.591 bits per heavy atom. The van der Waals surface area contributed by atoms with Crippen LogP contribution in [-0.2, 0) is 45.1 Å². The second-order valence-electron chi connectivity index (χ2n) is 30.3. The third kappa shape index (κ3) is 17.7. The molecule has 0 spiro atoms. The Bertz CT molecular complexity index is 5540. The molecule has 3 unspecified atom stereocenters. The number of nitrogens with one attached hydrogen (secondary N) is 3. The van der Waals surface area contributed by atoms with Crippen LogP contribution in [0.5, 0.6) is 23.0 Å². The van der Waals surface area contributed by atoms with E-state index in [0.29, 0.717) is 122 Å². The van der Waals surface area contributed by atoms with E-state index in [9.17, 15) is 87.9 Å². The molecule has 8 aliphatic heterocycles. The minimum atomic E-state index is -0.810. The molecule has 8 aromatic rings. The SMILES string of the molecule is CCN1CC2CC(OC)c3c(I)c(=O)c(OC)c(n32)C1=O.CCN1CC2C[C@H](OC)c3c(C(=O)NCc4ccc(F)cc4F)c(=O)c(OC)c(n32)C1=O.CCN1C[C@@H]2C[C@@H](OC)c3c(C(=O)NCc4ccc(F)cc4F)c(=O)c(OC)c(n32)C1=O.CCN1C[C@H]2C[C@H](OC)c3c(C(=O)NCc4ccc(F)cc4F)c(=O)c(OC)c(n32)C1=O.NCc1ccc(F)cc1F. The maximum Gasteiger partial charge on any atom is 0.274 e. The van der Waals surface area contributed by atoms with Gasteiger partial charge in [-0.15, -0.1) is 0 Å². The van der Waals surface area contributed by atoms with Gasteiger partial charge in [-0.05, 0) is 74.6 Å². The van der Waals surface area contributed by atoms with Crippen LogP contribution in [0.1, 0.15) is 220 Å². The first-order chi connectivity index (χ1) is 60.7. The van der Waals surface area contributed by atoms with Crippen molar-refractivity contribution in [3.63, 3.8) is 0 Å². The number of rotatable bonds is 22. The molecule has 0 bridgehead atoms. The summed E-state index contributed by atoms with van der Waals surface area (Å²) in [5.74, 6) is -9.73. The first kappa shape index (κ1) is 94.3. The van der Waals surface area contributed by atoms with Crippen LogP contribution >= 0.6 is 22.6 Å². The number of amides is 7. The van der Waals surface area contributed by atoms with Gasteiger partial charge in [0, 0.05) is 179 Å². The van der Waals surface area contributed by atoms with Gasteiger partial charge in [-0.3, -0.25) is 52.7 Å². The summed E-state index contributed by atoms with van der Waals surface area (Å²) in [6.07, 6.45) is 0.326. The van der Waals surface area contributed by atoms with E-state index in [1.165, 1.54) is 80.1 Å². The highest BCUT2D eigenvalue weighted by atomic mass is 127. The lowest BCUT2D eigenvalue weighted by atomic mass is 10.1. The maximum atomic E-state index is 14.0. The monoisotopic (exact) mass is 1890 g/mol. The van der Waals surface area contributed by atoms with Crippen LogP contribution in [0.25, 0.3) is 0 Å². The molecule has 0 radical (unpaired) electrons. The first-order valence-corrected chi connectivity index (χ1v) is 41.5. The summed E-state index contributed by atoms with van der Waals surface area (Å²) in [5.41, 5.74) is 5.02. The summed E-state index contributed by atoms with van der Waals surface area (Å²) in [6, 6.07) is 12.0. The van der Waals surface area contributed by atoms with Crippen LogP contribution in [0.15, 0.2) is 92.0 Å². The second kappa shape index (κ2) is 39.6. The fourth-order valence-corrected chi connectivity index (χ4v) is 18.4. The quantitative estimate of drug-likeness (QED) is 0.0362. The topological polar surface area (TPSA) is 356 Å². The first-order valence-electron chi connectivity index (χ1n) is 40.4. The van der Waals surface area contributed by atoms with Gasteiger partial charge in [-0.2, -0.15) is 0 Å². The van der Waals surface area contributed by atoms with Gasteiger partial charge in [-0.25, -0.2) is 35.1 Å². The molecule has 0 saturated heterocycles. The number of ether oxygens (including phenoxy) is 8. The van der Waals surface area contributed by atoms with Crippen molar-refractivity contribution in [2.24, 2.45) is 5.73 Å². The van der Waals surface area contributed by atoms with Crippen LogP contribution < -0.4 is 62.3 Å². The number of carbonyl (C=O) groups excluding carboxylic acids is 7. The van der Waals surface area contributed by atoms with Crippen LogP contribution in [0.4, 0.5) is 35.1 Å². The summed E-state index contributed by atoms with van der Waals surface area (Å²) in [5, 5.41) is 7.57. The molecule has 0 saturated carbocycles. The van der Waals surface area contributed by atoms with E-state index in [-0.39, 0.29) is 159 Å². The highest BCUT2D eigenvalue weighted by Gasteiger charge is 2.50. The van der Waals surface area contributed by atoms with E-state index in [4.69, 9.17) is 43.6 Å². The van der Waals surface area contributed by atoms with E-state index in [1.807, 2.05) is 54.9 Å². The number of methoxy groups -OCH3 is 8. The standard InChI is InChI=1S/3C22H23F2N3O5.C14H17IN2O4.C7H7F2N/c3*1-4-26-10-13-8-15(31-2)17-16(19(28)20(32-3)18(22(26)30)27(13)17)21(29)25-9-11-5-6-12(23)7-14(11)24;1-4-16-6-7-5-8(20-2)10-9(15)12(18)13(21-3)11(14(16)19)17(7)10;8-6-2-1-5(4-10)7(9)3-6/h3*5-7,13,15H,4,8-10H2,1-3H3,(H,25,29);7-8H,4-6H2,1-3H3;1-3H,4,10H2/t13?,15-;2*13-,15+;;/m010../s1. The molecule has 127 heavy (non-hydrogen) atoms. The molecule has 5 N–H and O–H groups in total. The van der Waals surface area contributed by atoms with Crippen molar-refractivity contribution < 1.29 is 107 Å². The largest absolute Gasteiger partial charge is 0.491 e. The number of carbonyl (C=O) groups is 7. The molecule has 4 aromatic heterocycles. The van der Waals surface area contributed by atoms with Gasteiger partial charge in [0.25, 0.3) is 41.4 Å². The summed E-state index contributed by atoms with van der Waals surface area (Å²) < 4.78 is 157. The smallest absolute Gasteiger partial charge is 0.274 e. The molecule has 12 heterocycles. The zero-order valence-corrected chi connectivity index (χ0v) is 73.3. The van der Waals surface area contributed by atoms with Crippen LogP contribution in [-0.4, -0.2) is 188 Å². The van der Waals surface area contributed by atoms with Gasteiger partial charge < -0.3 is 97.4 Å². The Morgan fingerprint density at radius 1 is 0.362 bits per heavy atom. The lowest BCUT2D eigenvalue weighted by Gasteiger charge is -2.34. The predicted octanol–water partition coefficient (Wildman–Crippen LogP) is 9.51. The molecule has 678 valence electrons. The lowest BCUT2D eigenvalue weighted by molar-refractivity contribution is 0.0647. The molecule has 8 atom stereocenters. The van der Waals surface area contributed by atoms with Crippen molar-refractivity contribution >= 4 is 63.9 Å². The van der Waals surface area contributed by atoms with Crippen molar-refractivity contribution in [1.82, 2.24) is 53.8 Å². The third-order valence-corrected chi connectivity index (χ3v) is 24.7. The Hall–Kier alpha value is -11.9. The third-order valence-electron chi connectivity index (χ3n) is 23.6. The molecule has 40 heteroatoms. The maximum absolute atomic E-state index is 14.0. The number of aromatic nitrogens is 4. The molecule has 8 aliphatic rings. The summed E-state index contributed by atoms with van der Waals surface area (Å²) in [7, 11) is 11.3. The Balaban J connectivity index is 0.000000149.